The van der Waals surface area contributed by atoms with Gasteiger partial charge in [0.15, 0.2) is 16.3 Å². The smallest absolute Gasteiger partial charge is 0.216 e. The number of hydrogen-bond acceptors (Lipinski definition) is 5. The van der Waals surface area contributed by atoms with Crippen LogP contribution >= 0.6 is 11.6 Å². The molecule has 7 heteroatoms. The molecule has 0 amide bonds. The quantitative estimate of drug-likeness (QED) is 0.419. The van der Waals surface area contributed by atoms with E-state index in [1.807, 2.05) is 0 Å². The molecule has 29 heavy (non-hydrogen) atoms. The zero-order chi connectivity index (χ0) is 20.4. The molecule has 0 aliphatic heterocycles. The first kappa shape index (κ1) is 19.1. The summed E-state index contributed by atoms with van der Waals surface area (Å²) in [5.74, 6) is -0.547. The van der Waals surface area contributed by atoms with E-state index in [0.717, 1.165) is 0 Å². The minimum absolute atomic E-state index is 0.0202. The summed E-state index contributed by atoms with van der Waals surface area (Å²) in [4.78, 5) is 12.9. The molecule has 0 aliphatic carbocycles. The van der Waals surface area contributed by atoms with Crippen molar-refractivity contribution in [1.82, 2.24) is 5.16 Å². The molecule has 4 aromatic rings. The van der Waals surface area contributed by atoms with Crippen molar-refractivity contribution in [3.8, 4) is 11.3 Å². The summed E-state index contributed by atoms with van der Waals surface area (Å²) in [6.07, 6.45) is 0. The predicted octanol–water partition coefficient (Wildman–Crippen LogP) is 5.06. The van der Waals surface area contributed by atoms with Gasteiger partial charge in [0.2, 0.25) is 15.6 Å². The van der Waals surface area contributed by atoms with E-state index in [1.54, 1.807) is 60.7 Å². The van der Waals surface area contributed by atoms with Gasteiger partial charge in [-0.25, -0.2) is 8.42 Å². The van der Waals surface area contributed by atoms with Crippen LogP contribution < -0.4 is 0 Å². The average molecular weight is 424 g/mol. The molecule has 3 aromatic carbocycles. The Morgan fingerprint density at radius 1 is 0.828 bits per heavy atom. The van der Waals surface area contributed by atoms with Crippen LogP contribution in [0, 0.1) is 0 Å². The topological polar surface area (TPSA) is 77.2 Å². The molecule has 0 N–H and O–H groups in total. The van der Waals surface area contributed by atoms with Crippen LogP contribution in [0.15, 0.2) is 99.2 Å². The zero-order valence-corrected chi connectivity index (χ0v) is 16.5. The van der Waals surface area contributed by atoms with Crippen LogP contribution in [-0.2, 0) is 9.84 Å². The van der Waals surface area contributed by atoms with Crippen molar-refractivity contribution in [2.75, 3.05) is 0 Å². The Bertz CT molecular complexity index is 1270. The molecule has 0 atom stereocenters. The highest BCUT2D eigenvalue weighted by atomic mass is 35.5. The first-order valence-corrected chi connectivity index (χ1v) is 10.5. The van der Waals surface area contributed by atoms with E-state index in [0.29, 0.717) is 10.6 Å². The predicted molar refractivity (Wildman–Crippen MR) is 109 cm³/mol. The second kappa shape index (κ2) is 7.66. The maximum absolute atomic E-state index is 13.4. The Hall–Kier alpha value is -3.22. The van der Waals surface area contributed by atoms with Crippen LogP contribution in [0.2, 0.25) is 5.02 Å². The molecule has 0 saturated carbocycles. The van der Waals surface area contributed by atoms with Gasteiger partial charge in [-0.3, -0.25) is 4.79 Å². The van der Waals surface area contributed by atoms with Crippen molar-refractivity contribution in [2.45, 2.75) is 9.79 Å². The Balaban J connectivity index is 1.95. The summed E-state index contributed by atoms with van der Waals surface area (Å²) < 4.78 is 32.2. The Morgan fingerprint density at radius 3 is 2.03 bits per heavy atom. The van der Waals surface area contributed by atoms with Gasteiger partial charge in [-0.05, 0) is 36.4 Å². The van der Waals surface area contributed by atoms with Gasteiger partial charge in [-0.2, -0.15) is 0 Å². The SMILES string of the molecule is O=C(c1ccc(Cl)cc1)c1noc(-c2ccccc2)c1S(=O)(=O)c1ccccc1. The van der Waals surface area contributed by atoms with Crippen LogP contribution in [0.5, 0.6) is 0 Å². The molecule has 0 bridgehead atoms. The van der Waals surface area contributed by atoms with Gasteiger partial charge in [-0.1, -0.05) is 65.3 Å². The van der Waals surface area contributed by atoms with Gasteiger partial charge in [0.1, 0.15) is 0 Å². The van der Waals surface area contributed by atoms with E-state index in [4.69, 9.17) is 16.1 Å². The molecule has 5 nitrogen and oxygen atoms in total. The van der Waals surface area contributed by atoms with Gasteiger partial charge in [0.05, 0.1) is 4.90 Å². The first-order chi connectivity index (χ1) is 14.0. The van der Waals surface area contributed by atoms with E-state index >= 15 is 0 Å². The molecule has 0 spiro atoms. The second-order valence-electron chi connectivity index (χ2n) is 6.21. The zero-order valence-electron chi connectivity index (χ0n) is 14.9. The lowest BCUT2D eigenvalue weighted by molar-refractivity contribution is 0.102. The van der Waals surface area contributed by atoms with Crippen molar-refractivity contribution in [3.05, 3.63) is 101 Å². The summed E-state index contributed by atoms with van der Waals surface area (Å²) in [7, 11) is -4.07. The first-order valence-electron chi connectivity index (χ1n) is 8.64. The monoisotopic (exact) mass is 423 g/mol. The second-order valence-corrected chi connectivity index (χ2v) is 8.53. The van der Waals surface area contributed by atoms with Crippen LogP contribution in [0.4, 0.5) is 0 Å². The minimum atomic E-state index is -4.07. The molecule has 1 heterocycles. The fourth-order valence-corrected chi connectivity index (χ4v) is 4.57. The lowest BCUT2D eigenvalue weighted by Gasteiger charge is -2.07. The van der Waals surface area contributed by atoms with E-state index in [9.17, 15) is 13.2 Å². The molecule has 0 radical (unpaired) electrons. The summed E-state index contributed by atoms with van der Waals surface area (Å²) >= 11 is 5.89. The fraction of sp³-hybridized carbons (Fsp3) is 0. The third kappa shape index (κ3) is 3.60. The minimum Gasteiger partial charge on any atom is -0.354 e. The van der Waals surface area contributed by atoms with Crippen molar-refractivity contribution in [3.63, 3.8) is 0 Å². The van der Waals surface area contributed by atoms with Crippen molar-refractivity contribution < 1.29 is 17.7 Å². The summed E-state index contributed by atoms with van der Waals surface area (Å²) in [6.45, 7) is 0. The molecule has 4 rings (SSSR count). The largest absolute Gasteiger partial charge is 0.354 e. The van der Waals surface area contributed by atoms with Gasteiger partial charge in [0.25, 0.3) is 0 Å². The van der Waals surface area contributed by atoms with Crippen LogP contribution in [-0.4, -0.2) is 19.4 Å². The Labute approximate surface area is 172 Å². The standard InChI is InChI=1S/C22H14ClNO4S/c23-17-13-11-15(12-14-17)20(25)19-22(29(26,27)18-9-5-2-6-10-18)21(28-24-19)16-7-3-1-4-8-16/h1-14H. The number of carbonyl (C=O) groups excluding carboxylic acids is 1. The van der Waals surface area contributed by atoms with Gasteiger partial charge in [0, 0.05) is 16.1 Å². The maximum Gasteiger partial charge on any atom is 0.216 e. The highest BCUT2D eigenvalue weighted by Crippen LogP contribution is 2.35. The number of sulfone groups is 1. The number of ketones is 1. The number of nitrogens with zero attached hydrogens (tertiary/aromatic N) is 1. The molecule has 0 fully saturated rings. The number of carbonyl (C=O) groups is 1. The fourth-order valence-electron chi connectivity index (χ4n) is 2.90. The molecule has 0 saturated heterocycles. The molecule has 144 valence electrons. The van der Waals surface area contributed by atoms with Gasteiger partial charge >= 0.3 is 0 Å². The normalized spacial score (nSPS) is 11.3. The molecule has 0 unspecified atom stereocenters. The van der Waals surface area contributed by atoms with E-state index in [1.165, 1.54) is 24.3 Å². The lowest BCUT2D eigenvalue weighted by Crippen LogP contribution is -2.11. The Morgan fingerprint density at radius 2 is 1.41 bits per heavy atom. The molecule has 1 aromatic heterocycles. The molecular weight excluding hydrogens is 410 g/mol. The van der Waals surface area contributed by atoms with Crippen molar-refractivity contribution >= 4 is 27.2 Å². The van der Waals surface area contributed by atoms with Crippen LogP contribution in [0.25, 0.3) is 11.3 Å². The number of aromatic nitrogens is 1. The molecule has 0 aliphatic rings. The van der Waals surface area contributed by atoms with Crippen molar-refractivity contribution in [1.29, 1.82) is 0 Å². The highest BCUT2D eigenvalue weighted by molar-refractivity contribution is 7.91. The number of benzene rings is 3. The number of halogens is 1. The number of rotatable bonds is 5. The van der Waals surface area contributed by atoms with Crippen molar-refractivity contribution in [2.24, 2.45) is 0 Å². The Kier molecular flexibility index (Phi) is 5.05. The summed E-state index contributed by atoms with van der Waals surface area (Å²) in [6, 6.07) is 22.7. The average Bonchev–Trinajstić information content (AvgIpc) is 3.21. The van der Waals surface area contributed by atoms with Gasteiger partial charge in [-0.15, -0.1) is 0 Å². The van der Waals surface area contributed by atoms with E-state index in [2.05, 4.69) is 5.16 Å². The molecular formula is C22H14ClNO4S. The van der Waals surface area contributed by atoms with E-state index < -0.39 is 15.6 Å². The lowest BCUT2D eigenvalue weighted by atomic mass is 10.1. The third-order valence-electron chi connectivity index (χ3n) is 4.33. The number of hydrogen-bond donors (Lipinski definition) is 0. The van der Waals surface area contributed by atoms with Crippen LogP contribution in [0.1, 0.15) is 16.1 Å². The van der Waals surface area contributed by atoms with Crippen LogP contribution in [0.3, 0.4) is 0 Å². The maximum atomic E-state index is 13.4. The van der Waals surface area contributed by atoms with Gasteiger partial charge < -0.3 is 4.52 Å². The van der Waals surface area contributed by atoms with E-state index in [-0.39, 0.29) is 26.8 Å². The highest BCUT2D eigenvalue weighted by Gasteiger charge is 2.34. The third-order valence-corrected chi connectivity index (χ3v) is 6.39. The summed E-state index contributed by atoms with van der Waals surface area (Å²) in [5.41, 5.74) is 0.492. The summed E-state index contributed by atoms with van der Waals surface area (Å²) in [5, 5.41) is 4.31.